The molecular weight excluding hydrogens is 791 g/mol. The zero-order valence-electron chi connectivity index (χ0n) is 30.7. The highest BCUT2D eigenvalue weighted by Gasteiger charge is 2.70. The number of fused-ring (bicyclic) bond motifs is 4. The van der Waals surface area contributed by atoms with Crippen molar-refractivity contribution in [1.82, 2.24) is 5.01 Å². The number of imide groups is 2. The third-order valence-electron chi connectivity index (χ3n) is 12.4. The van der Waals surface area contributed by atoms with Crippen molar-refractivity contribution in [3.05, 3.63) is 123 Å². The number of halogens is 3. The molecule has 0 spiro atoms. The molecule has 11 nitrogen and oxygen atoms in total. The number of anilines is 3. The Bertz CT molecular complexity index is 2350. The highest BCUT2D eigenvalue weighted by atomic mass is 35.5. The predicted octanol–water partition coefficient (Wildman–Crippen LogP) is 7.39. The van der Waals surface area contributed by atoms with Gasteiger partial charge in [-0.3, -0.25) is 29.5 Å². The lowest BCUT2D eigenvalue weighted by Gasteiger charge is -2.50. The molecule has 2 N–H and O–H groups in total. The normalized spacial score (nSPS) is 26.9. The number of hydrogen-bond acceptors (Lipinski definition) is 9. The second-order valence-corrected chi connectivity index (χ2v) is 16.3. The average Bonchev–Trinajstić information content (AvgIpc) is 3.60. The van der Waals surface area contributed by atoms with E-state index in [0.29, 0.717) is 51.4 Å². The predicted molar refractivity (Wildman–Crippen MR) is 216 cm³/mol. The molecule has 0 radical (unpaired) electrons. The Kier molecular flexibility index (Phi) is 9.47. The highest BCUT2D eigenvalue weighted by molar-refractivity contribution is 6.36. The molecule has 4 fully saturated rings. The number of hydrazine groups is 1. The first-order chi connectivity index (χ1) is 27.5. The van der Waals surface area contributed by atoms with E-state index in [2.05, 4.69) is 10.3 Å². The number of ether oxygens (including phenoxy) is 2. The van der Waals surface area contributed by atoms with Crippen LogP contribution in [0, 0.1) is 23.7 Å². The number of morpholine rings is 1. The van der Waals surface area contributed by atoms with E-state index >= 15 is 4.79 Å². The first-order valence-corrected chi connectivity index (χ1v) is 19.9. The minimum absolute atomic E-state index is 0.0663. The fraction of sp³-hybridized carbons (Fsp3) is 0.302. The third kappa shape index (κ3) is 5.89. The summed E-state index contributed by atoms with van der Waals surface area (Å²) < 4.78 is 11.0. The van der Waals surface area contributed by atoms with Crippen molar-refractivity contribution >= 4 is 75.5 Å². The Morgan fingerprint density at radius 3 is 2.19 bits per heavy atom. The lowest BCUT2D eigenvalue weighted by molar-refractivity contribution is -0.138. The molecule has 0 aromatic heterocycles. The van der Waals surface area contributed by atoms with Crippen LogP contribution in [0.4, 0.5) is 17.1 Å². The van der Waals surface area contributed by atoms with Crippen molar-refractivity contribution in [2.45, 2.75) is 24.2 Å². The van der Waals surface area contributed by atoms with E-state index < -0.39 is 46.8 Å². The van der Waals surface area contributed by atoms with Crippen molar-refractivity contribution in [2.24, 2.45) is 23.7 Å². The van der Waals surface area contributed by atoms with Crippen LogP contribution in [0.15, 0.2) is 96.6 Å². The molecule has 0 bridgehead atoms. The fourth-order valence-corrected chi connectivity index (χ4v) is 10.5. The van der Waals surface area contributed by atoms with Crippen molar-refractivity contribution in [3.63, 3.8) is 0 Å². The highest BCUT2D eigenvalue weighted by Crippen LogP contribution is 2.65. The minimum atomic E-state index is -1.65. The third-order valence-corrected chi connectivity index (χ3v) is 13.1. The maximum atomic E-state index is 15.4. The van der Waals surface area contributed by atoms with Crippen LogP contribution in [0.25, 0.3) is 0 Å². The zero-order chi connectivity index (χ0) is 39.7. The van der Waals surface area contributed by atoms with Gasteiger partial charge >= 0.3 is 0 Å². The topological polar surface area (TPSA) is 129 Å². The quantitative estimate of drug-likeness (QED) is 0.145. The van der Waals surface area contributed by atoms with E-state index in [1.54, 1.807) is 60.7 Å². The van der Waals surface area contributed by atoms with Gasteiger partial charge in [0.25, 0.3) is 11.8 Å². The maximum Gasteiger partial charge on any atom is 0.260 e. The number of methoxy groups -OCH3 is 1. The molecule has 6 atom stereocenters. The van der Waals surface area contributed by atoms with Crippen LogP contribution in [0.3, 0.4) is 0 Å². The fourth-order valence-electron chi connectivity index (χ4n) is 9.83. The molecule has 57 heavy (non-hydrogen) atoms. The Morgan fingerprint density at radius 2 is 1.49 bits per heavy atom. The number of hydrogen-bond donors (Lipinski definition) is 2. The Morgan fingerprint density at radius 1 is 0.807 bits per heavy atom. The van der Waals surface area contributed by atoms with Crippen LogP contribution in [0.5, 0.6) is 11.5 Å². The van der Waals surface area contributed by atoms with Crippen LogP contribution in [-0.2, 0) is 29.3 Å². The molecular formula is C43H37Cl3N4O7. The molecule has 1 saturated carbocycles. The molecule has 4 aromatic rings. The van der Waals surface area contributed by atoms with Gasteiger partial charge in [0.05, 0.1) is 59.9 Å². The monoisotopic (exact) mass is 826 g/mol. The number of benzene rings is 4. The van der Waals surface area contributed by atoms with E-state index in [0.717, 1.165) is 23.8 Å². The van der Waals surface area contributed by atoms with Gasteiger partial charge in [-0.25, -0.2) is 0 Å². The van der Waals surface area contributed by atoms with Crippen LogP contribution >= 0.6 is 34.8 Å². The van der Waals surface area contributed by atoms with Crippen molar-refractivity contribution in [1.29, 1.82) is 0 Å². The van der Waals surface area contributed by atoms with Gasteiger partial charge in [-0.2, -0.15) is 5.01 Å². The Hall–Kier alpha value is -5.07. The second-order valence-electron chi connectivity index (χ2n) is 15.0. The number of allylic oxidation sites excluding steroid dienone is 2. The SMILES string of the molecule is COc1ccc(C23C(=O)N(Nc4ccc(Cl)cc4Cl)C(=O)C2CC2C(=CCC4C(=O)N(c5ccc(N6CCOCC6)cc5)C(=O)C42)C3c2cc(Cl)ccc2O)cc1. The largest absolute Gasteiger partial charge is 0.508 e. The van der Waals surface area contributed by atoms with Crippen LogP contribution in [0.2, 0.25) is 15.1 Å². The first kappa shape index (κ1) is 37.5. The molecule has 9 rings (SSSR count). The van der Waals surface area contributed by atoms with Crippen molar-refractivity contribution in [2.75, 3.05) is 48.6 Å². The van der Waals surface area contributed by atoms with Crippen LogP contribution < -0.4 is 20.0 Å². The summed E-state index contributed by atoms with van der Waals surface area (Å²) in [6, 6.07) is 23.6. The average molecular weight is 828 g/mol. The van der Waals surface area contributed by atoms with E-state index in [4.69, 9.17) is 44.3 Å². The number of nitrogens with one attached hydrogen (secondary N) is 1. The van der Waals surface area contributed by atoms with Gasteiger partial charge in [-0.1, -0.05) is 58.6 Å². The second kappa shape index (κ2) is 14.4. The van der Waals surface area contributed by atoms with Crippen LogP contribution in [0.1, 0.15) is 29.9 Å². The smallest absolute Gasteiger partial charge is 0.260 e. The molecule has 14 heteroatoms. The number of phenolic OH excluding ortho intramolecular Hbond substituents is 1. The molecule has 4 amide bonds. The lowest BCUT2D eigenvalue weighted by atomic mass is 9.49. The molecule has 292 valence electrons. The number of rotatable bonds is 7. The maximum absolute atomic E-state index is 15.4. The molecule has 5 aliphatic rings. The Balaban J connectivity index is 1.18. The summed E-state index contributed by atoms with van der Waals surface area (Å²) in [6.45, 7) is 2.72. The van der Waals surface area contributed by atoms with Gasteiger partial charge in [0.1, 0.15) is 11.5 Å². The molecule has 3 saturated heterocycles. The van der Waals surface area contributed by atoms with E-state index in [-0.39, 0.29) is 41.1 Å². The van der Waals surface area contributed by atoms with Gasteiger partial charge in [0.15, 0.2) is 0 Å². The summed E-state index contributed by atoms with van der Waals surface area (Å²) in [5.41, 5.74) is 4.54. The molecule has 6 unspecified atom stereocenters. The van der Waals surface area contributed by atoms with Crippen molar-refractivity contribution < 1.29 is 33.8 Å². The summed E-state index contributed by atoms with van der Waals surface area (Å²) in [5.74, 6) is -5.64. The molecule has 2 aliphatic carbocycles. The number of amides is 4. The number of carbonyl (C=O) groups excluding carboxylic acids is 4. The van der Waals surface area contributed by atoms with Crippen LogP contribution in [-0.4, -0.2) is 67.2 Å². The van der Waals surface area contributed by atoms with Gasteiger partial charge in [-0.05, 0) is 97.1 Å². The number of aromatic hydroxyl groups is 1. The van der Waals surface area contributed by atoms with E-state index in [1.807, 2.05) is 18.2 Å². The Labute approximate surface area is 343 Å². The molecule has 4 aromatic carbocycles. The summed E-state index contributed by atoms with van der Waals surface area (Å²) in [6.07, 6.45) is 2.21. The van der Waals surface area contributed by atoms with Gasteiger partial charge in [-0.15, -0.1) is 0 Å². The standard InChI is InChI=1S/C43H37Cl3N4O7/c1-56-28-10-2-23(3-11-28)43-33(40(53)50(42(43)55)47-35-14-4-25(45)21-34(35)46)22-31-29(38(43)32-20-24(44)5-15-36(32)51)12-13-30-37(31)41(54)49(39(30)52)27-8-6-26(7-9-27)48-16-18-57-19-17-48/h2-12,14-15,20-21,30-31,33,37-38,47,51H,13,16-19,22H2,1H3. The summed E-state index contributed by atoms with van der Waals surface area (Å²) in [5, 5.41) is 13.5. The van der Waals surface area contributed by atoms with Gasteiger partial charge in [0.2, 0.25) is 11.8 Å². The summed E-state index contributed by atoms with van der Waals surface area (Å²) in [7, 11) is 1.53. The lowest BCUT2D eigenvalue weighted by Crippen LogP contribution is -2.53. The summed E-state index contributed by atoms with van der Waals surface area (Å²) in [4.78, 5) is 62.9. The number of nitrogens with zero attached hydrogens (tertiary/aromatic N) is 3. The van der Waals surface area contributed by atoms with Gasteiger partial charge in [0, 0.05) is 40.3 Å². The molecule has 3 heterocycles. The zero-order valence-corrected chi connectivity index (χ0v) is 32.9. The van der Waals surface area contributed by atoms with E-state index in [9.17, 15) is 19.5 Å². The first-order valence-electron chi connectivity index (χ1n) is 18.8. The van der Waals surface area contributed by atoms with Gasteiger partial charge < -0.3 is 19.5 Å². The number of phenols is 1. The minimum Gasteiger partial charge on any atom is -0.508 e. The molecule has 3 aliphatic heterocycles. The van der Waals surface area contributed by atoms with E-state index in [1.165, 1.54) is 24.1 Å². The number of carbonyl (C=O) groups is 4. The van der Waals surface area contributed by atoms with Crippen molar-refractivity contribution in [3.8, 4) is 11.5 Å². The summed E-state index contributed by atoms with van der Waals surface area (Å²) >= 11 is 19.4.